The van der Waals surface area contributed by atoms with Crippen molar-refractivity contribution in [2.24, 2.45) is 4.99 Å². The summed E-state index contributed by atoms with van der Waals surface area (Å²) in [5.74, 6) is 1.75. The second-order valence-electron chi connectivity index (χ2n) is 8.33. The number of amides is 1. The van der Waals surface area contributed by atoms with Crippen LogP contribution in [0.5, 0.6) is 5.75 Å². The lowest BCUT2D eigenvalue weighted by Gasteiger charge is -2.32. The Morgan fingerprint density at radius 3 is 2.53 bits per heavy atom. The van der Waals surface area contributed by atoms with Gasteiger partial charge in [0.1, 0.15) is 5.75 Å². The summed E-state index contributed by atoms with van der Waals surface area (Å²) in [5.41, 5.74) is 1.19. The maximum absolute atomic E-state index is 12.0. The molecule has 2 saturated heterocycles. The number of aliphatic imine (C=N–C) groups is 1. The first-order valence-electron chi connectivity index (χ1n) is 12.0. The monoisotopic (exact) mass is 445 g/mol. The van der Waals surface area contributed by atoms with Crippen molar-refractivity contribution in [2.75, 3.05) is 53.0 Å². The van der Waals surface area contributed by atoms with Gasteiger partial charge in [0.05, 0.1) is 26.3 Å². The standard InChI is InChI=1S/C24H39N5O3/c1-4-25-23(27-19-12-16-29(17-13-19)24(30)32-5-2)26-18-21(28-14-8-9-15-28)20-10-6-7-11-22(20)31-3/h6-7,10-11,19,21H,4-5,8-9,12-18H2,1-3H3,(H2,25,26,27). The van der Waals surface area contributed by atoms with Crippen molar-refractivity contribution in [3.05, 3.63) is 29.8 Å². The second-order valence-corrected chi connectivity index (χ2v) is 8.33. The number of hydrogen-bond donors (Lipinski definition) is 2. The Morgan fingerprint density at radius 1 is 1.16 bits per heavy atom. The van der Waals surface area contributed by atoms with Crippen LogP contribution in [0.4, 0.5) is 4.79 Å². The van der Waals surface area contributed by atoms with Gasteiger partial charge in [0.2, 0.25) is 0 Å². The predicted molar refractivity (Wildman–Crippen MR) is 127 cm³/mol. The van der Waals surface area contributed by atoms with Gasteiger partial charge >= 0.3 is 6.09 Å². The van der Waals surface area contributed by atoms with Gasteiger partial charge < -0.3 is 25.0 Å². The number of ether oxygens (including phenoxy) is 2. The van der Waals surface area contributed by atoms with E-state index in [0.717, 1.165) is 44.2 Å². The number of carbonyl (C=O) groups is 1. The molecule has 0 aromatic heterocycles. The van der Waals surface area contributed by atoms with Gasteiger partial charge in [0, 0.05) is 31.2 Å². The van der Waals surface area contributed by atoms with Crippen LogP contribution in [0, 0.1) is 0 Å². The van der Waals surface area contributed by atoms with Gasteiger partial charge in [-0.1, -0.05) is 18.2 Å². The Bertz CT molecular complexity index is 743. The van der Waals surface area contributed by atoms with Gasteiger partial charge in [0.15, 0.2) is 5.96 Å². The maximum atomic E-state index is 12.0. The predicted octanol–water partition coefficient (Wildman–Crippen LogP) is 3.01. The van der Waals surface area contributed by atoms with E-state index < -0.39 is 0 Å². The number of carbonyl (C=O) groups excluding carboxylic acids is 1. The van der Waals surface area contributed by atoms with Gasteiger partial charge in [-0.25, -0.2) is 4.79 Å². The smallest absolute Gasteiger partial charge is 0.409 e. The highest BCUT2D eigenvalue weighted by molar-refractivity contribution is 5.80. The van der Waals surface area contributed by atoms with Crippen LogP contribution in [0.15, 0.2) is 29.3 Å². The Kier molecular flexibility index (Phi) is 9.46. The number of hydrogen-bond acceptors (Lipinski definition) is 5. The fraction of sp³-hybridized carbons (Fsp3) is 0.667. The molecule has 1 aromatic carbocycles. The van der Waals surface area contributed by atoms with Crippen LogP contribution in [0.25, 0.3) is 0 Å². The molecule has 8 heteroatoms. The van der Waals surface area contributed by atoms with Crippen LogP contribution >= 0.6 is 0 Å². The number of nitrogens with zero attached hydrogens (tertiary/aromatic N) is 3. The zero-order chi connectivity index (χ0) is 22.8. The van der Waals surface area contributed by atoms with Gasteiger partial charge in [0.25, 0.3) is 0 Å². The molecule has 2 fully saturated rings. The number of rotatable bonds is 8. The highest BCUT2D eigenvalue weighted by Gasteiger charge is 2.27. The lowest BCUT2D eigenvalue weighted by molar-refractivity contribution is 0.0963. The Labute approximate surface area is 192 Å². The van der Waals surface area contributed by atoms with E-state index in [0.29, 0.717) is 26.2 Å². The average molecular weight is 446 g/mol. The number of methoxy groups -OCH3 is 1. The molecule has 0 bridgehead atoms. The van der Waals surface area contributed by atoms with E-state index >= 15 is 0 Å². The van der Waals surface area contributed by atoms with E-state index in [1.165, 1.54) is 18.4 Å². The van der Waals surface area contributed by atoms with E-state index in [1.807, 2.05) is 19.1 Å². The number of benzene rings is 1. The Balaban J connectivity index is 1.66. The summed E-state index contributed by atoms with van der Waals surface area (Å²) in [4.78, 5) is 21.2. The van der Waals surface area contributed by atoms with Gasteiger partial charge in [-0.2, -0.15) is 0 Å². The summed E-state index contributed by atoms with van der Waals surface area (Å²) in [7, 11) is 1.73. The number of guanidine groups is 1. The van der Waals surface area contributed by atoms with Crippen LogP contribution in [0.1, 0.15) is 51.1 Å². The SMILES string of the molecule is CCNC(=NCC(c1ccccc1OC)N1CCCC1)NC1CCN(C(=O)OCC)CC1. The molecular formula is C24H39N5O3. The van der Waals surface area contributed by atoms with Crippen LogP contribution in [-0.4, -0.2) is 80.9 Å². The van der Waals surface area contributed by atoms with Crippen molar-refractivity contribution < 1.29 is 14.3 Å². The van der Waals surface area contributed by atoms with Crippen molar-refractivity contribution in [1.29, 1.82) is 0 Å². The molecule has 1 aromatic rings. The zero-order valence-electron chi connectivity index (χ0n) is 19.8. The third kappa shape index (κ3) is 6.51. The highest BCUT2D eigenvalue weighted by Crippen LogP contribution is 2.31. The summed E-state index contributed by atoms with van der Waals surface area (Å²) in [6.45, 7) is 9.39. The first-order chi connectivity index (χ1) is 15.7. The first-order valence-corrected chi connectivity index (χ1v) is 12.0. The van der Waals surface area contributed by atoms with Crippen molar-refractivity contribution in [1.82, 2.24) is 20.4 Å². The number of para-hydroxylation sites is 1. The largest absolute Gasteiger partial charge is 0.496 e. The molecule has 178 valence electrons. The number of nitrogens with one attached hydrogen (secondary N) is 2. The Hall–Kier alpha value is -2.48. The van der Waals surface area contributed by atoms with E-state index in [9.17, 15) is 4.79 Å². The molecule has 2 heterocycles. The van der Waals surface area contributed by atoms with Crippen molar-refractivity contribution in [3.8, 4) is 5.75 Å². The molecule has 1 atom stereocenters. The minimum Gasteiger partial charge on any atom is -0.496 e. The number of piperidine rings is 1. The van der Waals surface area contributed by atoms with Gasteiger partial charge in [-0.3, -0.25) is 9.89 Å². The Morgan fingerprint density at radius 2 is 1.88 bits per heavy atom. The van der Waals surface area contributed by atoms with Crippen LogP contribution in [-0.2, 0) is 4.74 Å². The molecule has 3 rings (SSSR count). The first kappa shape index (κ1) is 24.2. The maximum Gasteiger partial charge on any atom is 0.409 e. The molecule has 1 amide bonds. The van der Waals surface area contributed by atoms with E-state index in [1.54, 1.807) is 12.0 Å². The molecule has 0 aliphatic carbocycles. The molecular weight excluding hydrogens is 406 g/mol. The van der Waals surface area contributed by atoms with E-state index in [4.69, 9.17) is 14.5 Å². The highest BCUT2D eigenvalue weighted by atomic mass is 16.6. The fourth-order valence-corrected chi connectivity index (χ4v) is 4.52. The van der Waals surface area contributed by atoms with Gasteiger partial charge in [-0.05, 0) is 58.7 Å². The van der Waals surface area contributed by atoms with Gasteiger partial charge in [-0.15, -0.1) is 0 Å². The third-order valence-corrected chi connectivity index (χ3v) is 6.21. The molecule has 1 unspecified atom stereocenters. The van der Waals surface area contributed by atoms with Crippen molar-refractivity contribution >= 4 is 12.1 Å². The minimum absolute atomic E-state index is 0.190. The second kappa shape index (κ2) is 12.5. The molecule has 0 radical (unpaired) electrons. The summed E-state index contributed by atoms with van der Waals surface area (Å²) in [5, 5.41) is 6.98. The van der Waals surface area contributed by atoms with Crippen molar-refractivity contribution in [3.63, 3.8) is 0 Å². The molecule has 0 spiro atoms. The van der Waals surface area contributed by atoms with E-state index in [2.05, 4.69) is 34.6 Å². The average Bonchev–Trinajstić information content (AvgIpc) is 3.35. The topological polar surface area (TPSA) is 78.4 Å². The molecule has 2 N–H and O–H groups in total. The number of likely N-dealkylation sites (tertiary alicyclic amines) is 2. The third-order valence-electron chi connectivity index (χ3n) is 6.21. The van der Waals surface area contributed by atoms with Crippen LogP contribution < -0.4 is 15.4 Å². The molecule has 0 saturated carbocycles. The molecule has 8 nitrogen and oxygen atoms in total. The minimum atomic E-state index is -0.211. The normalized spacial score (nSPS) is 19.0. The summed E-state index contributed by atoms with van der Waals surface area (Å²) in [6, 6.07) is 8.75. The van der Waals surface area contributed by atoms with E-state index in [-0.39, 0.29) is 18.2 Å². The molecule has 2 aliphatic heterocycles. The summed E-state index contributed by atoms with van der Waals surface area (Å²) >= 11 is 0. The summed E-state index contributed by atoms with van der Waals surface area (Å²) < 4.78 is 10.8. The molecule has 2 aliphatic rings. The fourth-order valence-electron chi connectivity index (χ4n) is 4.52. The zero-order valence-corrected chi connectivity index (χ0v) is 19.8. The van der Waals surface area contributed by atoms with Crippen LogP contribution in [0.3, 0.4) is 0 Å². The van der Waals surface area contributed by atoms with Crippen LogP contribution in [0.2, 0.25) is 0 Å². The quantitative estimate of drug-likeness (QED) is 0.473. The molecule has 32 heavy (non-hydrogen) atoms. The van der Waals surface area contributed by atoms with Crippen molar-refractivity contribution in [2.45, 2.75) is 51.6 Å². The lowest BCUT2D eigenvalue weighted by atomic mass is 10.0. The lowest BCUT2D eigenvalue weighted by Crippen LogP contribution is -2.50. The summed E-state index contributed by atoms with van der Waals surface area (Å²) in [6.07, 6.45) is 4.01.